The van der Waals surface area contributed by atoms with Gasteiger partial charge in [0.05, 0.1) is 4.92 Å². The average Bonchev–Trinajstić information content (AvgIpc) is 2.16. The van der Waals surface area contributed by atoms with E-state index in [4.69, 9.17) is 11.6 Å². The van der Waals surface area contributed by atoms with Crippen LogP contribution >= 0.6 is 11.6 Å². The van der Waals surface area contributed by atoms with Gasteiger partial charge in [-0.05, 0) is 11.5 Å². The van der Waals surface area contributed by atoms with E-state index in [1.165, 1.54) is 6.07 Å². The van der Waals surface area contributed by atoms with Gasteiger partial charge in [0.15, 0.2) is 0 Å². The minimum Gasteiger partial charge on any atom is -0.258 e. The molecule has 1 heterocycles. The minimum atomic E-state index is -0.422. The number of halogens is 1. The van der Waals surface area contributed by atoms with Crippen LogP contribution in [-0.2, 0) is 6.42 Å². The third-order valence-corrected chi connectivity index (χ3v) is 3.18. The Bertz CT molecular complexity index is 388. The van der Waals surface area contributed by atoms with E-state index in [0.717, 1.165) is 0 Å². The molecule has 0 bridgehead atoms. The highest BCUT2D eigenvalue weighted by molar-refractivity contribution is 6.21. The number of nitro groups is 1. The van der Waals surface area contributed by atoms with E-state index in [9.17, 15) is 10.1 Å². The molecule has 4 nitrogen and oxygen atoms in total. The van der Waals surface area contributed by atoms with Gasteiger partial charge in [-0.1, -0.05) is 20.8 Å². The zero-order chi connectivity index (χ0) is 12.3. The van der Waals surface area contributed by atoms with Gasteiger partial charge in [0.25, 0.3) is 5.69 Å². The van der Waals surface area contributed by atoms with Crippen LogP contribution in [0.2, 0.25) is 0 Å². The average molecular weight is 243 g/mol. The molecule has 5 heteroatoms. The molecule has 1 aromatic rings. The van der Waals surface area contributed by atoms with Gasteiger partial charge in [-0.2, -0.15) is 0 Å². The summed E-state index contributed by atoms with van der Waals surface area (Å²) in [5.74, 6) is 0. The van der Waals surface area contributed by atoms with Crippen LogP contribution in [0, 0.1) is 15.5 Å². The van der Waals surface area contributed by atoms with Crippen molar-refractivity contribution in [2.24, 2.45) is 5.41 Å². The number of pyridine rings is 1. The van der Waals surface area contributed by atoms with Crippen molar-refractivity contribution >= 4 is 17.3 Å². The highest BCUT2D eigenvalue weighted by atomic mass is 35.5. The number of alkyl halides is 1. The molecular weight excluding hydrogens is 228 g/mol. The van der Waals surface area contributed by atoms with E-state index in [1.54, 1.807) is 12.3 Å². The first kappa shape index (κ1) is 12.9. The second-order valence-electron chi connectivity index (χ2n) is 4.76. The summed E-state index contributed by atoms with van der Waals surface area (Å²) in [6, 6.07) is 3.01. The summed E-state index contributed by atoms with van der Waals surface area (Å²) in [5, 5.41) is 10.6. The summed E-state index contributed by atoms with van der Waals surface area (Å²) in [6.45, 7) is 6.00. The van der Waals surface area contributed by atoms with Crippen molar-refractivity contribution < 1.29 is 4.92 Å². The Hall–Kier alpha value is -1.16. The van der Waals surface area contributed by atoms with Crippen molar-refractivity contribution in [2.75, 3.05) is 0 Å². The molecule has 0 aliphatic rings. The quantitative estimate of drug-likeness (QED) is 0.465. The molecule has 0 aliphatic carbocycles. The SMILES string of the molecule is CC(C)(C)C(Cl)Cc1ncccc1[N+](=O)[O-]. The molecule has 0 saturated heterocycles. The summed E-state index contributed by atoms with van der Waals surface area (Å²) >= 11 is 6.21. The van der Waals surface area contributed by atoms with Crippen molar-refractivity contribution in [3.05, 3.63) is 34.1 Å². The van der Waals surface area contributed by atoms with Crippen LogP contribution in [0.5, 0.6) is 0 Å². The third-order valence-electron chi connectivity index (χ3n) is 2.38. The van der Waals surface area contributed by atoms with Crippen molar-refractivity contribution in [1.82, 2.24) is 4.98 Å². The second kappa shape index (κ2) is 4.78. The number of nitrogens with zero attached hydrogens (tertiary/aromatic N) is 2. The van der Waals surface area contributed by atoms with Gasteiger partial charge in [0, 0.05) is 24.1 Å². The first-order chi connectivity index (χ1) is 7.32. The summed E-state index contributed by atoms with van der Waals surface area (Å²) in [4.78, 5) is 14.4. The fourth-order valence-electron chi connectivity index (χ4n) is 1.23. The number of hydrogen-bond acceptors (Lipinski definition) is 3. The Balaban J connectivity index is 2.93. The van der Waals surface area contributed by atoms with Crippen LogP contribution in [0.25, 0.3) is 0 Å². The molecule has 0 saturated carbocycles. The summed E-state index contributed by atoms with van der Waals surface area (Å²) in [5.41, 5.74) is 0.382. The van der Waals surface area contributed by atoms with Gasteiger partial charge >= 0.3 is 0 Å². The molecule has 0 N–H and O–H groups in total. The fourth-order valence-corrected chi connectivity index (χ4v) is 1.38. The molecule has 1 atom stereocenters. The van der Waals surface area contributed by atoms with E-state index in [1.807, 2.05) is 20.8 Å². The topological polar surface area (TPSA) is 56.0 Å². The summed E-state index contributed by atoms with van der Waals surface area (Å²) in [6.07, 6.45) is 1.96. The molecule has 0 amide bonds. The van der Waals surface area contributed by atoms with E-state index in [2.05, 4.69) is 4.98 Å². The van der Waals surface area contributed by atoms with Crippen LogP contribution < -0.4 is 0 Å². The van der Waals surface area contributed by atoms with E-state index < -0.39 is 4.92 Å². The van der Waals surface area contributed by atoms with E-state index in [-0.39, 0.29) is 16.5 Å². The van der Waals surface area contributed by atoms with Crippen LogP contribution in [0.3, 0.4) is 0 Å². The Kier molecular flexibility index (Phi) is 3.86. The lowest BCUT2D eigenvalue weighted by Gasteiger charge is -2.24. The first-order valence-electron chi connectivity index (χ1n) is 5.04. The van der Waals surface area contributed by atoms with Gasteiger partial charge in [0.1, 0.15) is 5.69 Å². The second-order valence-corrected chi connectivity index (χ2v) is 5.29. The monoisotopic (exact) mass is 242 g/mol. The molecule has 0 aliphatic heterocycles. The van der Waals surface area contributed by atoms with Crippen LogP contribution in [0.15, 0.2) is 18.3 Å². The Morgan fingerprint density at radius 3 is 2.69 bits per heavy atom. The van der Waals surface area contributed by atoms with Gasteiger partial charge in [-0.15, -0.1) is 11.6 Å². The van der Waals surface area contributed by atoms with Crippen molar-refractivity contribution in [3.8, 4) is 0 Å². The number of aromatic nitrogens is 1. The highest BCUT2D eigenvalue weighted by Crippen LogP contribution is 2.29. The fraction of sp³-hybridized carbons (Fsp3) is 0.545. The van der Waals surface area contributed by atoms with E-state index >= 15 is 0 Å². The van der Waals surface area contributed by atoms with Crippen molar-refractivity contribution in [1.29, 1.82) is 0 Å². The normalized spacial score (nSPS) is 13.5. The largest absolute Gasteiger partial charge is 0.290 e. The molecule has 16 heavy (non-hydrogen) atoms. The number of rotatable bonds is 3. The maximum atomic E-state index is 10.8. The van der Waals surface area contributed by atoms with Gasteiger partial charge in [-0.3, -0.25) is 15.1 Å². The number of hydrogen-bond donors (Lipinski definition) is 0. The molecule has 0 fully saturated rings. The molecule has 88 valence electrons. The molecule has 1 aromatic heterocycles. The summed E-state index contributed by atoms with van der Waals surface area (Å²) in [7, 11) is 0. The van der Waals surface area contributed by atoms with Crippen LogP contribution in [-0.4, -0.2) is 15.3 Å². The highest BCUT2D eigenvalue weighted by Gasteiger charge is 2.26. The molecular formula is C11H15ClN2O2. The van der Waals surface area contributed by atoms with E-state index in [0.29, 0.717) is 12.1 Å². The lowest BCUT2D eigenvalue weighted by molar-refractivity contribution is -0.385. The summed E-state index contributed by atoms with van der Waals surface area (Å²) < 4.78 is 0. The Morgan fingerprint density at radius 2 is 2.19 bits per heavy atom. The lowest BCUT2D eigenvalue weighted by atomic mass is 9.89. The molecule has 1 rings (SSSR count). The Labute approximate surface area is 99.8 Å². The predicted molar refractivity (Wildman–Crippen MR) is 63.7 cm³/mol. The van der Waals surface area contributed by atoms with Crippen LogP contribution in [0.1, 0.15) is 26.5 Å². The standard InChI is InChI=1S/C11H15ClN2O2/c1-11(2,3)10(12)7-8-9(14(15)16)5-4-6-13-8/h4-6,10H,7H2,1-3H3. The van der Waals surface area contributed by atoms with Gasteiger partial charge in [-0.25, -0.2) is 0 Å². The molecule has 0 radical (unpaired) electrons. The van der Waals surface area contributed by atoms with Crippen molar-refractivity contribution in [3.63, 3.8) is 0 Å². The Morgan fingerprint density at radius 1 is 1.56 bits per heavy atom. The van der Waals surface area contributed by atoms with Crippen molar-refractivity contribution in [2.45, 2.75) is 32.6 Å². The predicted octanol–water partition coefficient (Wildman–Crippen LogP) is 3.19. The smallest absolute Gasteiger partial charge is 0.258 e. The molecule has 1 unspecified atom stereocenters. The maximum absolute atomic E-state index is 10.8. The molecule has 0 spiro atoms. The van der Waals surface area contributed by atoms with Gasteiger partial charge in [0.2, 0.25) is 0 Å². The zero-order valence-corrected chi connectivity index (χ0v) is 10.4. The third kappa shape index (κ3) is 3.17. The van der Waals surface area contributed by atoms with Gasteiger partial charge < -0.3 is 0 Å². The van der Waals surface area contributed by atoms with Crippen LogP contribution in [0.4, 0.5) is 5.69 Å². The zero-order valence-electron chi connectivity index (χ0n) is 9.61. The lowest BCUT2D eigenvalue weighted by Crippen LogP contribution is -2.23. The first-order valence-corrected chi connectivity index (χ1v) is 5.48. The molecule has 0 aromatic carbocycles. The maximum Gasteiger partial charge on any atom is 0.290 e. The minimum absolute atomic E-state index is 0.0393.